The summed E-state index contributed by atoms with van der Waals surface area (Å²) in [6.45, 7) is 1.45. The molecule has 2 N–H and O–H groups in total. The molecule has 0 aliphatic heterocycles. The van der Waals surface area contributed by atoms with Crippen LogP contribution in [0.3, 0.4) is 0 Å². The fourth-order valence-electron chi connectivity index (χ4n) is 0.0680. The van der Waals surface area contributed by atoms with E-state index in [0.29, 0.717) is 0 Å². The van der Waals surface area contributed by atoms with E-state index in [4.69, 9.17) is 0 Å². The van der Waals surface area contributed by atoms with Crippen molar-refractivity contribution in [3.8, 4) is 0 Å². The Labute approximate surface area is 70.8 Å². The van der Waals surface area contributed by atoms with E-state index >= 15 is 0 Å². The first-order valence-corrected chi connectivity index (χ1v) is 3.31. The van der Waals surface area contributed by atoms with Crippen LogP contribution in [0.4, 0.5) is 0 Å². The van der Waals surface area contributed by atoms with Gasteiger partial charge in [0.15, 0.2) is 0 Å². The zero-order valence-electron chi connectivity index (χ0n) is 4.92. The molecule has 0 fully saturated rings. The second-order valence-electron chi connectivity index (χ2n) is 0.943. The Morgan fingerprint density at radius 1 is 1.62 bits per heavy atom. The first kappa shape index (κ1) is 11.6. The molecular formula is C2H7NNaO3S. The quantitative estimate of drug-likeness (QED) is 0.396. The van der Waals surface area contributed by atoms with Crippen molar-refractivity contribution in [2.24, 2.45) is 5.90 Å². The molecule has 0 aliphatic carbocycles. The second kappa shape index (κ2) is 4.72. The largest absolute Gasteiger partial charge is 0.282 e. The smallest absolute Gasteiger partial charge is 0.198 e. The number of hydrogen-bond acceptors (Lipinski definition) is 4. The van der Waals surface area contributed by atoms with Crippen LogP contribution in [0, 0.1) is 0 Å². The summed E-state index contributed by atoms with van der Waals surface area (Å²) in [7, 11) is -3.38. The fourth-order valence-corrected chi connectivity index (χ4v) is 0.204. The van der Waals surface area contributed by atoms with Crippen molar-refractivity contribution in [3.05, 3.63) is 0 Å². The second-order valence-corrected chi connectivity index (χ2v) is 2.83. The molecule has 0 spiro atoms. The van der Waals surface area contributed by atoms with Gasteiger partial charge in [-0.05, 0) is 6.92 Å². The van der Waals surface area contributed by atoms with E-state index in [0.717, 1.165) is 0 Å². The molecule has 1 radical (unpaired) electrons. The van der Waals surface area contributed by atoms with Crippen molar-refractivity contribution < 1.29 is 12.7 Å². The van der Waals surface area contributed by atoms with E-state index in [9.17, 15) is 8.42 Å². The maximum atomic E-state index is 10.0. The molecule has 0 aliphatic rings. The van der Waals surface area contributed by atoms with Gasteiger partial charge in [0.1, 0.15) is 0 Å². The third-order valence-electron chi connectivity index (χ3n) is 0.500. The molecule has 0 rings (SSSR count). The maximum Gasteiger partial charge on any atom is 0.282 e. The van der Waals surface area contributed by atoms with Gasteiger partial charge in [0.2, 0.25) is 0 Å². The Morgan fingerprint density at radius 3 is 2.00 bits per heavy atom. The van der Waals surface area contributed by atoms with E-state index in [1.807, 2.05) is 0 Å². The van der Waals surface area contributed by atoms with Crippen LogP contribution in [0.15, 0.2) is 0 Å². The van der Waals surface area contributed by atoms with Crippen LogP contribution >= 0.6 is 0 Å². The summed E-state index contributed by atoms with van der Waals surface area (Å²) in [5.74, 6) is 4.25. The summed E-state index contributed by atoms with van der Waals surface area (Å²) in [6.07, 6.45) is 0. The Balaban J connectivity index is 0. The molecule has 0 aromatic carbocycles. The molecule has 0 saturated heterocycles. The van der Waals surface area contributed by atoms with Crippen LogP contribution < -0.4 is 5.90 Å². The van der Waals surface area contributed by atoms with Crippen LogP contribution in [-0.4, -0.2) is 43.7 Å². The molecule has 0 aromatic rings. The molecule has 0 unspecified atom stereocenters. The molecule has 4 nitrogen and oxygen atoms in total. The van der Waals surface area contributed by atoms with Gasteiger partial charge in [-0.2, -0.15) is 18.6 Å². The van der Waals surface area contributed by atoms with Crippen LogP contribution in [0.1, 0.15) is 6.92 Å². The van der Waals surface area contributed by atoms with Gasteiger partial charge in [0.25, 0.3) is 10.1 Å². The van der Waals surface area contributed by atoms with E-state index < -0.39 is 10.1 Å². The molecule has 0 saturated carbocycles. The minimum Gasteiger partial charge on any atom is -0.198 e. The van der Waals surface area contributed by atoms with Crippen molar-refractivity contribution in [1.29, 1.82) is 0 Å². The fraction of sp³-hybridized carbons (Fsp3) is 1.00. The number of nitrogens with two attached hydrogens (primary N) is 1. The minimum absolute atomic E-state index is 0. The Kier molecular flexibility index (Phi) is 6.87. The minimum atomic E-state index is -3.38. The molecule has 6 heteroatoms. The third-order valence-corrected chi connectivity index (χ3v) is 1.50. The van der Waals surface area contributed by atoms with Crippen molar-refractivity contribution >= 4 is 39.7 Å². The zero-order chi connectivity index (χ0) is 5.91. The predicted molar refractivity (Wildman–Crippen MR) is 30.5 cm³/mol. The number of hydrogen-bond donors (Lipinski definition) is 1. The average molecular weight is 148 g/mol. The maximum absolute atomic E-state index is 10.0. The van der Waals surface area contributed by atoms with Gasteiger partial charge in [0.05, 0.1) is 5.75 Å². The van der Waals surface area contributed by atoms with E-state index in [-0.39, 0.29) is 35.3 Å². The van der Waals surface area contributed by atoms with Crippen LogP contribution in [0.25, 0.3) is 0 Å². The van der Waals surface area contributed by atoms with Crippen molar-refractivity contribution in [2.45, 2.75) is 6.92 Å². The molecule has 0 amide bonds. The van der Waals surface area contributed by atoms with Crippen LogP contribution in [0.5, 0.6) is 0 Å². The van der Waals surface area contributed by atoms with Gasteiger partial charge in [-0.25, -0.2) is 0 Å². The molecule has 0 atom stereocenters. The van der Waals surface area contributed by atoms with Crippen molar-refractivity contribution in [1.82, 2.24) is 0 Å². The topological polar surface area (TPSA) is 69.4 Å². The van der Waals surface area contributed by atoms with Crippen LogP contribution in [-0.2, 0) is 14.4 Å². The monoisotopic (exact) mass is 148 g/mol. The Morgan fingerprint density at radius 2 is 2.00 bits per heavy atom. The SMILES string of the molecule is CCS(=O)(=O)ON.[Na]. The van der Waals surface area contributed by atoms with Gasteiger partial charge in [-0.1, -0.05) is 0 Å². The molecule has 8 heavy (non-hydrogen) atoms. The van der Waals surface area contributed by atoms with Gasteiger partial charge in [0, 0.05) is 29.6 Å². The van der Waals surface area contributed by atoms with Crippen LogP contribution in [0.2, 0.25) is 0 Å². The first-order chi connectivity index (χ1) is 3.12. The van der Waals surface area contributed by atoms with E-state index in [1.165, 1.54) is 6.92 Å². The molecule has 0 bridgehead atoms. The Hall–Kier alpha value is 0.870. The summed E-state index contributed by atoms with van der Waals surface area (Å²) in [5.41, 5.74) is 0. The zero-order valence-corrected chi connectivity index (χ0v) is 7.73. The summed E-state index contributed by atoms with van der Waals surface area (Å²) in [5, 5.41) is 0. The Bertz CT molecular complexity index is 120. The molecular weight excluding hydrogens is 141 g/mol. The van der Waals surface area contributed by atoms with E-state index in [1.54, 1.807) is 0 Å². The van der Waals surface area contributed by atoms with E-state index in [2.05, 4.69) is 10.2 Å². The molecule has 0 heterocycles. The number of rotatable bonds is 2. The summed E-state index contributed by atoms with van der Waals surface area (Å²) in [6, 6.07) is 0. The summed E-state index contributed by atoms with van der Waals surface area (Å²) in [4.78, 5) is 0. The van der Waals surface area contributed by atoms with Crippen molar-refractivity contribution in [3.63, 3.8) is 0 Å². The summed E-state index contributed by atoms with van der Waals surface area (Å²) < 4.78 is 23.6. The normalized spacial score (nSPS) is 10.2. The summed E-state index contributed by atoms with van der Waals surface area (Å²) >= 11 is 0. The molecule has 45 valence electrons. The van der Waals surface area contributed by atoms with Gasteiger partial charge < -0.3 is 0 Å². The van der Waals surface area contributed by atoms with Gasteiger partial charge in [-0.3, -0.25) is 0 Å². The standard InChI is InChI=1S/C2H7NO3S.Na/c1-2-7(4,5)6-3;/h2-3H2,1H3;. The third kappa shape index (κ3) is 5.02. The molecule has 0 aromatic heterocycles. The van der Waals surface area contributed by atoms with Gasteiger partial charge >= 0.3 is 0 Å². The average Bonchev–Trinajstić information content (AvgIpc) is 1.68. The first-order valence-electron chi connectivity index (χ1n) is 1.73. The van der Waals surface area contributed by atoms with Crippen molar-refractivity contribution in [2.75, 3.05) is 5.75 Å². The predicted octanol–water partition coefficient (Wildman–Crippen LogP) is -1.15. The van der Waals surface area contributed by atoms with Gasteiger partial charge in [-0.15, -0.1) is 0 Å².